The summed E-state index contributed by atoms with van der Waals surface area (Å²) in [5, 5.41) is 2.98. The van der Waals surface area contributed by atoms with Crippen LogP contribution in [0.2, 0.25) is 0 Å². The number of carbonyl (C=O) groups excluding carboxylic acids is 3. The number of aromatic amines is 1. The van der Waals surface area contributed by atoms with Gasteiger partial charge >= 0.3 is 11.9 Å². The molecule has 0 aromatic carbocycles. The smallest absolute Gasteiger partial charge is 0.355 e. The fourth-order valence-electron chi connectivity index (χ4n) is 4.98. The predicted molar refractivity (Wildman–Crippen MR) is 103 cm³/mol. The monoisotopic (exact) mass is 390 g/mol. The Morgan fingerprint density at radius 3 is 2.50 bits per heavy atom. The number of aryl methyl sites for hydroxylation is 1. The fourth-order valence-corrected chi connectivity index (χ4v) is 4.98. The van der Waals surface area contributed by atoms with Crippen LogP contribution in [0.1, 0.15) is 71.6 Å². The van der Waals surface area contributed by atoms with E-state index in [9.17, 15) is 14.4 Å². The highest BCUT2D eigenvalue weighted by Crippen LogP contribution is 2.49. The highest BCUT2D eigenvalue weighted by atomic mass is 16.5. The summed E-state index contributed by atoms with van der Waals surface area (Å²) in [6.45, 7) is 7.01. The third kappa shape index (κ3) is 4.08. The van der Waals surface area contributed by atoms with Gasteiger partial charge in [-0.2, -0.15) is 0 Å². The van der Waals surface area contributed by atoms with E-state index >= 15 is 0 Å². The summed E-state index contributed by atoms with van der Waals surface area (Å²) >= 11 is 0. The number of fused-ring (bicyclic) bond motifs is 2. The quantitative estimate of drug-likeness (QED) is 0.698. The molecule has 2 aliphatic carbocycles. The van der Waals surface area contributed by atoms with Crippen molar-refractivity contribution < 1.29 is 23.9 Å². The van der Waals surface area contributed by atoms with Crippen molar-refractivity contribution in [1.82, 2.24) is 10.3 Å². The predicted octanol–water partition coefficient (Wildman–Crippen LogP) is 2.91. The highest BCUT2D eigenvalue weighted by molar-refractivity contribution is 5.99. The van der Waals surface area contributed by atoms with Crippen LogP contribution >= 0.6 is 0 Å². The third-order valence-corrected chi connectivity index (χ3v) is 6.28. The first-order valence-corrected chi connectivity index (χ1v) is 10.1. The third-order valence-electron chi connectivity index (χ3n) is 6.28. The van der Waals surface area contributed by atoms with Gasteiger partial charge in [0.25, 0.3) is 5.91 Å². The fraction of sp³-hybridized carbons (Fsp3) is 0.667. The molecule has 1 amide bonds. The van der Waals surface area contributed by atoms with Crippen LogP contribution < -0.4 is 5.32 Å². The normalized spacial score (nSPS) is 24.1. The van der Waals surface area contributed by atoms with E-state index in [0.717, 1.165) is 5.92 Å². The summed E-state index contributed by atoms with van der Waals surface area (Å²) in [7, 11) is 0. The Morgan fingerprint density at radius 1 is 1.14 bits per heavy atom. The molecule has 0 aliphatic heterocycles. The first-order valence-electron chi connectivity index (χ1n) is 10.1. The molecular formula is C21H30N2O5. The molecule has 0 spiro atoms. The summed E-state index contributed by atoms with van der Waals surface area (Å²) in [5.41, 5.74) is 1.50. The Hall–Kier alpha value is -2.31. The standard InChI is InChI=1S/C21H30N2O5/c1-5-27-21(26)19-11(2)18(13(4)23-19)20(25)28-10-17(24)22-12(3)16-9-14-6-7-15(16)8-14/h12,14-16,23H,5-10H2,1-4H3,(H,22,24). The van der Waals surface area contributed by atoms with Gasteiger partial charge < -0.3 is 19.8 Å². The van der Waals surface area contributed by atoms with Crippen LogP contribution in [0.3, 0.4) is 0 Å². The van der Waals surface area contributed by atoms with Crippen LogP contribution in [0.5, 0.6) is 0 Å². The maximum absolute atomic E-state index is 12.5. The number of ether oxygens (including phenoxy) is 2. The molecule has 3 rings (SSSR count). The van der Waals surface area contributed by atoms with Gasteiger partial charge in [-0.3, -0.25) is 4.79 Å². The molecule has 0 radical (unpaired) electrons. The molecule has 154 valence electrons. The van der Waals surface area contributed by atoms with E-state index in [1.165, 1.54) is 25.7 Å². The van der Waals surface area contributed by atoms with E-state index in [-0.39, 0.29) is 36.4 Å². The van der Waals surface area contributed by atoms with Gasteiger partial charge in [-0.25, -0.2) is 9.59 Å². The molecule has 28 heavy (non-hydrogen) atoms. The van der Waals surface area contributed by atoms with Gasteiger partial charge in [-0.15, -0.1) is 0 Å². The molecular weight excluding hydrogens is 360 g/mol. The van der Waals surface area contributed by atoms with Crippen molar-refractivity contribution in [1.29, 1.82) is 0 Å². The number of carbonyl (C=O) groups is 3. The Bertz CT molecular complexity index is 769. The zero-order valence-electron chi connectivity index (χ0n) is 17.1. The molecule has 0 saturated heterocycles. The molecule has 4 unspecified atom stereocenters. The lowest BCUT2D eigenvalue weighted by molar-refractivity contribution is -0.125. The Morgan fingerprint density at radius 2 is 1.89 bits per heavy atom. The van der Waals surface area contributed by atoms with Crippen molar-refractivity contribution in [3.8, 4) is 0 Å². The second-order valence-electron chi connectivity index (χ2n) is 8.12. The van der Waals surface area contributed by atoms with Gasteiger partial charge in [-0.1, -0.05) is 6.42 Å². The lowest BCUT2D eigenvalue weighted by Crippen LogP contribution is -2.42. The van der Waals surface area contributed by atoms with E-state index in [4.69, 9.17) is 9.47 Å². The average molecular weight is 390 g/mol. The van der Waals surface area contributed by atoms with Crippen molar-refractivity contribution in [3.05, 3.63) is 22.5 Å². The van der Waals surface area contributed by atoms with E-state index in [0.29, 0.717) is 23.1 Å². The van der Waals surface area contributed by atoms with Gasteiger partial charge in [0, 0.05) is 11.7 Å². The van der Waals surface area contributed by atoms with Gasteiger partial charge in [0.2, 0.25) is 0 Å². The molecule has 1 aromatic heterocycles. The number of rotatable bonds is 7. The number of aromatic nitrogens is 1. The van der Waals surface area contributed by atoms with Gasteiger partial charge in [0.15, 0.2) is 6.61 Å². The van der Waals surface area contributed by atoms with Crippen molar-refractivity contribution in [3.63, 3.8) is 0 Å². The molecule has 7 nitrogen and oxygen atoms in total. The van der Waals surface area contributed by atoms with Crippen LogP contribution in [0.4, 0.5) is 0 Å². The SMILES string of the molecule is CCOC(=O)c1[nH]c(C)c(C(=O)OCC(=O)NC(C)C2CC3CCC2C3)c1C. The number of hydrogen-bond donors (Lipinski definition) is 2. The van der Waals surface area contributed by atoms with Crippen molar-refractivity contribution in [2.24, 2.45) is 17.8 Å². The van der Waals surface area contributed by atoms with Crippen LogP contribution in [0.15, 0.2) is 0 Å². The average Bonchev–Trinajstić information content (AvgIpc) is 3.34. The summed E-state index contributed by atoms with van der Waals surface area (Å²) in [6, 6.07) is 0.0904. The van der Waals surface area contributed by atoms with Crippen LogP contribution in [0, 0.1) is 31.6 Å². The second-order valence-corrected chi connectivity index (χ2v) is 8.12. The highest BCUT2D eigenvalue weighted by Gasteiger charge is 2.42. The molecule has 2 saturated carbocycles. The molecule has 1 aromatic rings. The second kappa shape index (κ2) is 8.37. The van der Waals surface area contributed by atoms with Crippen molar-refractivity contribution in [2.45, 2.75) is 59.4 Å². The molecule has 2 bridgehead atoms. The van der Waals surface area contributed by atoms with E-state index in [2.05, 4.69) is 10.3 Å². The maximum atomic E-state index is 12.5. The minimum absolute atomic E-state index is 0.0904. The lowest BCUT2D eigenvalue weighted by Gasteiger charge is -2.28. The summed E-state index contributed by atoms with van der Waals surface area (Å²) in [6.07, 6.45) is 5.06. The minimum Gasteiger partial charge on any atom is -0.461 e. The first kappa shape index (κ1) is 20.4. The summed E-state index contributed by atoms with van der Waals surface area (Å²) in [4.78, 5) is 39.5. The Labute approximate surface area is 165 Å². The number of amides is 1. The van der Waals surface area contributed by atoms with Crippen LogP contribution in [-0.4, -0.2) is 42.1 Å². The lowest BCUT2D eigenvalue weighted by atomic mass is 9.84. The van der Waals surface area contributed by atoms with E-state index in [1.807, 2.05) is 6.92 Å². The van der Waals surface area contributed by atoms with E-state index in [1.54, 1.807) is 20.8 Å². The zero-order valence-corrected chi connectivity index (χ0v) is 17.1. The van der Waals surface area contributed by atoms with Gasteiger partial charge in [0.1, 0.15) is 5.69 Å². The zero-order chi connectivity index (χ0) is 20.4. The first-order chi connectivity index (χ1) is 13.3. The molecule has 4 atom stereocenters. The summed E-state index contributed by atoms with van der Waals surface area (Å²) < 4.78 is 10.2. The largest absolute Gasteiger partial charge is 0.461 e. The minimum atomic E-state index is -0.621. The molecule has 7 heteroatoms. The summed E-state index contributed by atoms with van der Waals surface area (Å²) in [5.74, 6) is 0.638. The number of esters is 2. The number of nitrogens with one attached hydrogen (secondary N) is 2. The maximum Gasteiger partial charge on any atom is 0.355 e. The Balaban J connectivity index is 1.54. The molecule has 1 heterocycles. The molecule has 2 N–H and O–H groups in total. The molecule has 2 fully saturated rings. The van der Waals surface area contributed by atoms with Crippen molar-refractivity contribution in [2.75, 3.05) is 13.2 Å². The van der Waals surface area contributed by atoms with Gasteiger partial charge in [-0.05, 0) is 70.3 Å². The van der Waals surface area contributed by atoms with Crippen LogP contribution in [-0.2, 0) is 14.3 Å². The van der Waals surface area contributed by atoms with Gasteiger partial charge in [0.05, 0.1) is 12.2 Å². The van der Waals surface area contributed by atoms with Crippen LogP contribution in [0.25, 0.3) is 0 Å². The van der Waals surface area contributed by atoms with E-state index < -0.39 is 11.9 Å². The number of H-pyrrole nitrogens is 1. The topological polar surface area (TPSA) is 97.5 Å². The Kier molecular flexibility index (Phi) is 6.10. The number of hydrogen-bond acceptors (Lipinski definition) is 5. The molecule has 2 aliphatic rings. The van der Waals surface area contributed by atoms with Crippen molar-refractivity contribution >= 4 is 17.8 Å².